The Morgan fingerprint density at radius 1 is 1.17 bits per heavy atom. The van der Waals surface area contributed by atoms with Crippen LogP contribution in [-0.2, 0) is 0 Å². The van der Waals surface area contributed by atoms with Crippen LogP contribution < -0.4 is 5.32 Å². The Labute approximate surface area is 140 Å². The quantitative estimate of drug-likeness (QED) is 0.924. The predicted molar refractivity (Wildman–Crippen MR) is 94.0 cm³/mol. The zero-order valence-corrected chi connectivity index (χ0v) is 14.9. The van der Waals surface area contributed by atoms with Gasteiger partial charge in [0.05, 0.1) is 5.56 Å². The lowest BCUT2D eigenvalue weighted by atomic mass is 9.95. The summed E-state index contributed by atoms with van der Waals surface area (Å²) in [6, 6.07) is 3.07. The van der Waals surface area contributed by atoms with Crippen LogP contribution in [0.25, 0.3) is 0 Å². The fourth-order valence-electron chi connectivity index (χ4n) is 4.60. The molecule has 0 spiro atoms. The summed E-state index contributed by atoms with van der Waals surface area (Å²) in [5.41, 5.74) is 3.35. The second-order valence-corrected chi connectivity index (χ2v) is 7.30. The molecule has 2 heterocycles. The minimum atomic E-state index is 0.234. The molecule has 3 rings (SSSR count). The highest BCUT2D eigenvalue weighted by Gasteiger charge is 2.31. The van der Waals surface area contributed by atoms with Gasteiger partial charge < -0.3 is 14.8 Å². The molecule has 1 aromatic heterocycles. The van der Waals surface area contributed by atoms with Crippen molar-refractivity contribution >= 4 is 5.91 Å². The average Bonchev–Trinajstić information content (AvgIpc) is 3.12. The minimum Gasteiger partial charge on any atom is -0.345 e. The first-order valence-corrected chi connectivity index (χ1v) is 9.27. The maximum atomic E-state index is 13.1. The van der Waals surface area contributed by atoms with Gasteiger partial charge in [-0.05, 0) is 52.6 Å². The summed E-state index contributed by atoms with van der Waals surface area (Å²) in [5, 5.41) is 3.23. The second kappa shape index (κ2) is 7.08. The van der Waals surface area contributed by atoms with E-state index >= 15 is 0 Å². The van der Waals surface area contributed by atoms with Gasteiger partial charge in [-0.25, -0.2) is 0 Å². The van der Waals surface area contributed by atoms with E-state index in [9.17, 15) is 4.79 Å². The number of likely N-dealkylation sites (N-methyl/N-ethyl adjacent to an activating group) is 1. The summed E-state index contributed by atoms with van der Waals surface area (Å²) in [7, 11) is 1.97. The lowest BCUT2D eigenvalue weighted by Gasteiger charge is -2.27. The number of nitrogens with one attached hydrogen (secondary N) is 1. The molecule has 1 unspecified atom stereocenters. The molecule has 128 valence electrons. The Bertz CT molecular complexity index is 557. The van der Waals surface area contributed by atoms with Gasteiger partial charge in [0.15, 0.2) is 0 Å². The van der Waals surface area contributed by atoms with Crippen LogP contribution in [0, 0.1) is 13.8 Å². The number of carbonyl (C=O) groups excluding carboxylic acids is 1. The van der Waals surface area contributed by atoms with E-state index in [1.807, 2.05) is 7.05 Å². The molecule has 0 bridgehead atoms. The van der Waals surface area contributed by atoms with Gasteiger partial charge in [0, 0.05) is 36.6 Å². The zero-order valence-electron chi connectivity index (χ0n) is 14.9. The number of likely N-dealkylation sites (tertiary alicyclic amines) is 1. The van der Waals surface area contributed by atoms with Gasteiger partial charge in [0.2, 0.25) is 0 Å². The van der Waals surface area contributed by atoms with Crippen molar-refractivity contribution in [2.75, 3.05) is 20.1 Å². The molecule has 2 fully saturated rings. The molecular weight excluding hydrogens is 286 g/mol. The third-order valence-corrected chi connectivity index (χ3v) is 5.73. The monoisotopic (exact) mass is 317 g/mol. The number of aromatic nitrogens is 1. The van der Waals surface area contributed by atoms with Crippen LogP contribution >= 0.6 is 0 Å². The van der Waals surface area contributed by atoms with E-state index in [2.05, 4.69) is 34.7 Å². The fraction of sp³-hybridized carbons (Fsp3) is 0.737. The first kappa shape index (κ1) is 16.6. The third kappa shape index (κ3) is 3.18. The molecule has 1 atom stereocenters. The van der Waals surface area contributed by atoms with Gasteiger partial charge in [-0.15, -0.1) is 0 Å². The Hall–Kier alpha value is -1.29. The third-order valence-electron chi connectivity index (χ3n) is 5.73. The molecule has 0 radical (unpaired) electrons. The summed E-state index contributed by atoms with van der Waals surface area (Å²) in [5.74, 6) is 0.234. The van der Waals surface area contributed by atoms with Crippen molar-refractivity contribution < 1.29 is 4.79 Å². The molecule has 4 nitrogen and oxygen atoms in total. The maximum absolute atomic E-state index is 13.1. The number of amides is 1. The van der Waals surface area contributed by atoms with Gasteiger partial charge in [-0.2, -0.15) is 0 Å². The van der Waals surface area contributed by atoms with Gasteiger partial charge in [-0.3, -0.25) is 4.79 Å². The molecular formula is C19H31N3O. The molecule has 4 heteroatoms. The first-order valence-electron chi connectivity index (χ1n) is 9.27. The van der Waals surface area contributed by atoms with E-state index < -0.39 is 0 Å². The van der Waals surface area contributed by atoms with Crippen molar-refractivity contribution in [3.63, 3.8) is 0 Å². The molecule has 2 aliphatic rings. The topological polar surface area (TPSA) is 37.3 Å². The lowest BCUT2D eigenvalue weighted by Crippen LogP contribution is -2.41. The highest BCUT2D eigenvalue weighted by Crippen LogP contribution is 2.33. The predicted octanol–water partition coefficient (Wildman–Crippen LogP) is 3.43. The average molecular weight is 317 g/mol. The van der Waals surface area contributed by atoms with E-state index in [1.54, 1.807) is 0 Å². The number of carbonyl (C=O) groups is 1. The van der Waals surface area contributed by atoms with Crippen LogP contribution in [0.2, 0.25) is 0 Å². The Morgan fingerprint density at radius 3 is 2.61 bits per heavy atom. The second-order valence-electron chi connectivity index (χ2n) is 7.30. The van der Waals surface area contributed by atoms with Crippen LogP contribution in [0.15, 0.2) is 6.07 Å². The molecule has 1 aliphatic carbocycles. The minimum absolute atomic E-state index is 0.234. The SMILES string of the molecule is CNCC1CCCN1C(=O)c1cc(C)n(C2CCCCC2)c1C. The van der Waals surface area contributed by atoms with Crippen LogP contribution in [-0.4, -0.2) is 41.6 Å². The molecule has 0 aromatic carbocycles. The van der Waals surface area contributed by atoms with Crippen molar-refractivity contribution in [1.82, 2.24) is 14.8 Å². The Balaban J connectivity index is 1.84. The maximum Gasteiger partial charge on any atom is 0.255 e. The van der Waals surface area contributed by atoms with Crippen molar-refractivity contribution in [2.45, 2.75) is 70.9 Å². The van der Waals surface area contributed by atoms with Crippen LogP contribution in [0.3, 0.4) is 0 Å². The highest BCUT2D eigenvalue weighted by molar-refractivity contribution is 5.96. The lowest BCUT2D eigenvalue weighted by molar-refractivity contribution is 0.0736. The molecule has 1 saturated carbocycles. The molecule has 23 heavy (non-hydrogen) atoms. The van der Waals surface area contributed by atoms with Crippen LogP contribution in [0.1, 0.15) is 72.7 Å². The van der Waals surface area contributed by atoms with Crippen LogP contribution in [0.5, 0.6) is 0 Å². The van der Waals surface area contributed by atoms with E-state index in [-0.39, 0.29) is 5.91 Å². The molecule has 1 N–H and O–H groups in total. The van der Waals surface area contributed by atoms with Gasteiger partial charge in [-0.1, -0.05) is 19.3 Å². The summed E-state index contributed by atoms with van der Waals surface area (Å²) in [6.07, 6.45) is 8.77. The zero-order chi connectivity index (χ0) is 16.4. The summed E-state index contributed by atoms with van der Waals surface area (Å²) < 4.78 is 2.44. The fourth-order valence-corrected chi connectivity index (χ4v) is 4.60. The summed E-state index contributed by atoms with van der Waals surface area (Å²) >= 11 is 0. The molecule has 1 amide bonds. The Kier molecular flexibility index (Phi) is 5.10. The van der Waals surface area contributed by atoms with Crippen molar-refractivity contribution in [2.24, 2.45) is 0 Å². The summed E-state index contributed by atoms with van der Waals surface area (Å²) in [4.78, 5) is 15.2. The van der Waals surface area contributed by atoms with Gasteiger partial charge >= 0.3 is 0 Å². The molecule has 1 saturated heterocycles. The largest absolute Gasteiger partial charge is 0.345 e. The van der Waals surface area contributed by atoms with E-state index in [0.717, 1.165) is 31.5 Å². The number of hydrogen-bond donors (Lipinski definition) is 1. The Morgan fingerprint density at radius 2 is 1.91 bits per heavy atom. The van der Waals surface area contributed by atoms with Gasteiger partial charge in [0.25, 0.3) is 5.91 Å². The number of aryl methyl sites for hydroxylation is 1. The van der Waals surface area contributed by atoms with Crippen molar-refractivity contribution in [3.8, 4) is 0 Å². The van der Waals surface area contributed by atoms with E-state index in [1.165, 1.54) is 43.5 Å². The summed E-state index contributed by atoms with van der Waals surface area (Å²) in [6.45, 7) is 6.09. The highest BCUT2D eigenvalue weighted by atomic mass is 16.2. The van der Waals surface area contributed by atoms with Crippen molar-refractivity contribution in [3.05, 3.63) is 23.0 Å². The van der Waals surface area contributed by atoms with Crippen molar-refractivity contribution in [1.29, 1.82) is 0 Å². The van der Waals surface area contributed by atoms with Gasteiger partial charge in [0.1, 0.15) is 0 Å². The van der Waals surface area contributed by atoms with E-state index in [4.69, 9.17) is 0 Å². The normalized spacial score (nSPS) is 22.7. The van der Waals surface area contributed by atoms with Crippen LogP contribution in [0.4, 0.5) is 0 Å². The smallest absolute Gasteiger partial charge is 0.255 e. The molecule has 1 aliphatic heterocycles. The number of nitrogens with zero attached hydrogens (tertiary/aromatic N) is 2. The number of hydrogen-bond acceptors (Lipinski definition) is 2. The standard InChI is InChI=1S/C19H31N3O/c1-14-12-18(15(2)22(14)16-8-5-4-6-9-16)19(23)21-11-7-10-17(21)13-20-3/h12,16-17,20H,4-11,13H2,1-3H3. The molecule has 1 aromatic rings. The van der Waals surface area contributed by atoms with E-state index in [0.29, 0.717) is 12.1 Å². The number of rotatable bonds is 4. The first-order chi connectivity index (χ1) is 11.1.